The van der Waals surface area contributed by atoms with Crippen LogP contribution in [-0.2, 0) is 24.4 Å². The van der Waals surface area contributed by atoms with Gasteiger partial charge in [-0.05, 0) is 29.3 Å². The van der Waals surface area contributed by atoms with Gasteiger partial charge in [0.2, 0.25) is 0 Å². The normalized spacial score (nSPS) is 17.7. The highest BCUT2D eigenvalue weighted by atomic mass is 32.2. The molecule has 0 radical (unpaired) electrons. The Morgan fingerprint density at radius 2 is 1.27 bits per heavy atom. The number of benzene rings is 1. The first-order chi connectivity index (χ1) is 13.4. The molecular formula is C16H14F6O6S2. The molecule has 0 saturated carbocycles. The summed E-state index contributed by atoms with van der Waals surface area (Å²) in [5, 5.41) is 0. The Morgan fingerprint density at radius 1 is 0.800 bits per heavy atom. The van der Waals surface area contributed by atoms with Crippen molar-refractivity contribution in [3.8, 4) is 5.75 Å². The zero-order valence-electron chi connectivity index (χ0n) is 15.2. The third-order valence-corrected chi connectivity index (χ3v) is 4.99. The summed E-state index contributed by atoms with van der Waals surface area (Å²) in [5.74, 6) is -1.35. The van der Waals surface area contributed by atoms with E-state index >= 15 is 0 Å². The van der Waals surface area contributed by atoms with Gasteiger partial charge in [0.15, 0.2) is 5.41 Å². The molecule has 0 N–H and O–H groups in total. The molecular weight excluding hydrogens is 466 g/mol. The first-order valence-electron chi connectivity index (χ1n) is 7.80. The van der Waals surface area contributed by atoms with Gasteiger partial charge in [-0.1, -0.05) is 18.2 Å². The van der Waals surface area contributed by atoms with Crippen molar-refractivity contribution in [3.05, 3.63) is 47.7 Å². The number of halogens is 6. The lowest BCUT2D eigenvalue weighted by atomic mass is 9.70. The van der Waals surface area contributed by atoms with E-state index in [0.717, 1.165) is 24.3 Å². The van der Waals surface area contributed by atoms with Gasteiger partial charge >= 0.3 is 32.6 Å². The summed E-state index contributed by atoms with van der Waals surface area (Å²) in [6.45, 7) is 0. The van der Waals surface area contributed by atoms with E-state index in [4.69, 9.17) is 0 Å². The molecule has 0 aromatic heterocycles. The van der Waals surface area contributed by atoms with Crippen molar-refractivity contribution in [3.63, 3.8) is 0 Å². The van der Waals surface area contributed by atoms with Gasteiger partial charge in [-0.3, -0.25) is 0 Å². The molecule has 0 bridgehead atoms. The van der Waals surface area contributed by atoms with Crippen molar-refractivity contribution in [2.75, 3.05) is 12.5 Å². The molecule has 30 heavy (non-hydrogen) atoms. The fraction of sp³-hybridized carbons (Fsp3) is 0.375. The molecule has 0 atom stereocenters. The fourth-order valence-electron chi connectivity index (χ4n) is 2.86. The van der Waals surface area contributed by atoms with Gasteiger partial charge in [-0.25, -0.2) is 0 Å². The Bertz CT molecular complexity index is 1070. The molecule has 0 spiro atoms. The minimum absolute atomic E-state index is 0.320. The van der Waals surface area contributed by atoms with Gasteiger partial charge in [0.1, 0.15) is 11.5 Å². The summed E-state index contributed by atoms with van der Waals surface area (Å²) in [7, 11) is -8.34. The Labute approximate surface area is 168 Å². The van der Waals surface area contributed by atoms with Gasteiger partial charge in [0.05, 0.1) is 12.5 Å². The lowest BCUT2D eigenvalue weighted by molar-refractivity contribution is -0.317. The van der Waals surface area contributed by atoms with Crippen molar-refractivity contribution in [1.82, 2.24) is 0 Å². The third kappa shape index (κ3) is 5.09. The molecule has 14 heteroatoms. The van der Waals surface area contributed by atoms with Crippen LogP contribution in [0, 0.1) is 5.41 Å². The van der Waals surface area contributed by atoms with Crippen LogP contribution in [0.4, 0.5) is 26.3 Å². The molecule has 1 aromatic carbocycles. The van der Waals surface area contributed by atoms with Gasteiger partial charge in [-0.2, -0.15) is 43.2 Å². The number of allylic oxidation sites excluding steroid dienone is 4. The van der Waals surface area contributed by atoms with Crippen LogP contribution >= 0.6 is 0 Å². The fourth-order valence-corrected chi connectivity index (χ4v) is 3.82. The number of rotatable bonds is 5. The van der Waals surface area contributed by atoms with Gasteiger partial charge in [-0.15, -0.1) is 0 Å². The van der Waals surface area contributed by atoms with E-state index in [2.05, 4.69) is 8.37 Å². The number of hydrogen-bond donors (Lipinski definition) is 0. The molecule has 168 valence electrons. The molecule has 0 fully saturated rings. The summed E-state index contributed by atoms with van der Waals surface area (Å²) >= 11 is 0. The van der Waals surface area contributed by atoms with Crippen molar-refractivity contribution in [2.45, 2.75) is 18.8 Å². The van der Waals surface area contributed by atoms with E-state index in [9.17, 15) is 43.2 Å². The van der Waals surface area contributed by atoms with Crippen molar-refractivity contribution < 1.29 is 51.5 Å². The third-order valence-electron chi connectivity index (χ3n) is 3.97. The Morgan fingerprint density at radius 3 is 1.67 bits per heavy atom. The molecule has 0 saturated heterocycles. The SMILES string of the molecule is CS(=O)(=O)OC1=CC=C(c2ccc(OS(C)(=O)=O)cc2)C(C(F)(F)F)(C(F)(F)F)C1. The van der Waals surface area contributed by atoms with Crippen LogP contribution in [0.25, 0.3) is 5.57 Å². The smallest absolute Gasteiger partial charge is 0.387 e. The minimum Gasteiger partial charge on any atom is -0.387 e. The van der Waals surface area contributed by atoms with Crippen molar-refractivity contribution in [1.29, 1.82) is 0 Å². The lowest BCUT2D eigenvalue weighted by Gasteiger charge is -2.41. The summed E-state index contributed by atoms with van der Waals surface area (Å²) in [4.78, 5) is 0. The molecule has 0 aliphatic heterocycles. The highest BCUT2D eigenvalue weighted by Crippen LogP contribution is 2.62. The van der Waals surface area contributed by atoms with Crippen LogP contribution in [0.3, 0.4) is 0 Å². The van der Waals surface area contributed by atoms with Crippen molar-refractivity contribution >= 4 is 25.8 Å². The van der Waals surface area contributed by atoms with Crippen LogP contribution in [0.15, 0.2) is 42.2 Å². The summed E-state index contributed by atoms with van der Waals surface area (Å²) in [6, 6.07) is 3.44. The average Bonchev–Trinajstić information content (AvgIpc) is 2.50. The molecule has 6 nitrogen and oxygen atoms in total. The predicted molar refractivity (Wildman–Crippen MR) is 93.1 cm³/mol. The second kappa shape index (κ2) is 7.48. The average molecular weight is 480 g/mol. The van der Waals surface area contributed by atoms with E-state index in [-0.39, 0.29) is 5.75 Å². The first kappa shape index (κ1) is 24.1. The summed E-state index contributed by atoms with van der Waals surface area (Å²) in [5.41, 5.74) is -6.21. The Hall–Kier alpha value is -2.22. The lowest BCUT2D eigenvalue weighted by Crippen LogP contribution is -2.52. The Kier molecular flexibility index (Phi) is 6.00. The van der Waals surface area contributed by atoms with Crippen LogP contribution in [0.1, 0.15) is 12.0 Å². The number of hydrogen-bond acceptors (Lipinski definition) is 6. The summed E-state index contributed by atoms with van der Waals surface area (Å²) < 4.78 is 136. The highest BCUT2D eigenvalue weighted by Gasteiger charge is 2.73. The molecule has 2 rings (SSSR count). The highest BCUT2D eigenvalue weighted by molar-refractivity contribution is 7.86. The molecule has 1 aliphatic carbocycles. The zero-order chi connectivity index (χ0) is 23.2. The topological polar surface area (TPSA) is 86.7 Å². The van der Waals surface area contributed by atoms with E-state index in [1.165, 1.54) is 0 Å². The van der Waals surface area contributed by atoms with Gasteiger partial charge in [0.25, 0.3) is 0 Å². The second-order valence-electron chi connectivity index (χ2n) is 6.39. The van der Waals surface area contributed by atoms with E-state index in [1.54, 1.807) is 0 Å². The van der Waals surface area contributed by atoms with Crippen LogP contribution < -0.4 is 4.18 Å². The second-order valence-corrected chi connectivity index (χ2v) is 9.54. The monoisotopic (exact) mass is 480 g/mol. The number of alkyl halides is 6. The van der Waals surface area contributed by atoms with E-state index < -0.39 is 61.3 Å². The van der Waals surface area contributed by atoms with Crippen molar-refractivity contribution in [2.24, 2.45) is 5.41 Å². The summed E-state index contributed by atoms with van der Waals surface area (Å²) in [6.07, 6.45) is -11.2. The molecule has 1 aromatic rings. The zero-order valence-corrected chi connectivity index (χ0v) is 16.8. The molecule has 1 aliphatic rings. The quantitative estimate of drug-likeness (QED) is 0.471. The Balaban J connectivity index is 2.67. The van der Waals surface area contributed by atoms with Crippen LogP contribution in [0.2, 0.25) is 0 Å². The molecule has 0 unspecified atom stereocenters. The van der Waals surface area contributed by atoms with E-state index in [1.807, 2.05) is 0 Å². The van der Waals surface area contributed by atoms with E-state index in [0.29, 0.717) is 24.7 Å². The standard InChI is InChI=1S/C16H14F6O6S2/c1-29(23,24)27-11-5-3-10(4-6-11)13-8-7-12(28-30(2,25)26)9-14(13,15(17,18)19)16(20,21)22/h3-8H,9H2,1-2H3. The molecule has 0 amide bonds. The van der Waals surface area contributed by atoms with Crippen LogP contribution in [0.5, 0.6) is 5.75 Å². The van der Waals surface area contributed by atoms with Gasteiger partial charge < -0.3 is 8.37 Å². The maximum Gasteiger partial charge on any atom is 0.407 e. The first-order valence-corrected chi connectivity index (χ1v) is 11.4. The maximum absolute atomic E-state index is 13.8. The largest absolute Gasteiger partial charge is 0.407 e. The molecule has 0 heterocycles. The predicted octanol–water partition coefficient (Wildman–Crippen LogP) is 3.78. The maximum atomic E-state index is 13.8. The minimum atomic E-state index is -5.88. The van der Waals surface area contributed by atoms with Crippen LogP contribution in [-0.4, -0.2) is 41.7 Å². The van der Waals surface area contributed by atoms with Gasteiger partial charge in [0, 0.05) is 6.42 Å².